The van der Waals surface area contributed by atoms with Gasteiger partial charge in [-0.05, 0) is 24.1 Å². The van der Waals surface area contributed by atoms with Gasteiger partial charge in [-0.25, -0.2) is 9.97 Å². The van der Waals surface area contributed by atoms with Crippen LogP contribution in [0.5, 0.6) is 0 Å². The maximum atomic E-state index is 11.8. The zero-order valence-corrected chi connectivity index (χ0v) is 15.4. The van der Waals surface area contributed by atoms with Crippen LogP contribution in [0.1, 0.15) is 5.56 Å². The fourth-order valence-electron chi connectivity index (χ4n) is 3.08. The molecular formula is C21H18N6O2. The molecule has 4 rings (SSSR count). The number of hydrogen-bond donors (Lipinski definition) is 2. The van der Waals surface area contributed by atoms with E-state index < -0.39 is 4.92 Å². The molecule has 0 fully saturated rings. The molecule has 0 bridgehead atoms. The fourth-order valence-corrected chi connectivity index (χ4v) is 3.08. The number of nitro groups is 1. The molecule has 0 unspecified atom stereocenters. The van der Waals surface area contributed by atoms with Crippen LogP contribution in [0.25, 0.3) is 10.9 Å². The number of rotatable bonds is 7. The molecule has 2 N–H and O–H groups in total. The molecule has 2 heterocycles. The number of pyridine rings is 1. The normalized spacial score (nSPS) is 10.6. The molecule has 0 spiro atoms. The molecule has 0 radical (unpaired) electrons. The van der Waals surface area contributed by atoms with Gasteiger partial charge in [-0.15, -0.1) is 0 Å². The van der Waals surface area contributed by atoms with Crippen molar-refractivity contribution in [3.05, 3.63) is 88.9 Å². The van der Waals surface area contributed by atoms with Crippen LogP contribution in [0.3, 0.4) is 0 Å². The Morgan fingerprint density at radius 3 is 2.52 bits per heavy atom. The Hall–Kier alpha value is -4.07. The Morgan fingerprint density at radius 2 is 1.69 bits per heavy atom. The van der Waals surface area contributed by atoms with Gasteiger partial charge in [0.2, 0.25) is 11.6 Å². The summed E-state index contributed by atoms with van der Waals surface area (Å²) in [6.45, 7) is 0.511. The van der Waals surface area contributed by atoms with E-state index in [-0.39, 0.29) is 17.3 Å². The predicted molar refractivity (Wildman–Crippen MR) is 112 cm³/mol. The zero-order valence-electron chi connectivity index (χ0n) is 15.4. The largest absolute Gasteiger partial charge is 0.364 e. The van der Waals surface area contributed by atoms with E-state index in [4.69, 9.17) is 0 Å². The van der Waals surface area contributed by atoms with E-state index in [1.807, 2.05) is 60.7 Å². The average molecular weight is 386 g/mol. The Labute approximate surface area is 166 Å². The minimum absolute atomic E-state index is 0.116. The van der Waals surface area contributed by atoms with Crippen LogP contribution in [-0.2, 0) is 6.42 Å². The lowest BCUT2D eigenvalue weighted by Crippen LogP contribution is -2.11. The van der Waals surface area contributed by atoms with Gasteiger partial charge in [-0.3, -0.25) is 15.1 Å². The first-order valence-corrected chi connectivity index (χ1v) is 9.10. The van der Waals surface area contributed by atoms with Crippen molar-refractivity contribution in [1.82, 2.24) is 15.0 Å². The minimum atomic E-state index is -0.480. The number of aromatic nitrogens is 3. The Morgan fingerprint density at radius 1 is 0.897 bits per heavy atom. The Kier molecular flexibility index (Phi) is 5.24. The zero-order chi connectivity index (χ0) is 20.1. The monoisotopic (exact) mass is 386 g/mol. The van der Waals surface area contributed by atoms with Crippen LogP contribution in [0.4, 0.5) is 23.0 Å². The highest BCUT2D eigenvalue weighted by molar-refractivity contribution is 5.92. The molecule has 0 saturated carbocycles. The number of para-hydroxylation sites is 1. The van der Waals surface area contributed by atoms with E-state index in [9.17, 15) is 10.1 Å². The van der Waals surface area contributed by atoms with Crippen LogP contribution in [0, 0.1) is 10.1 Å². The van der Waals surface area contributed by atoms with Gasteiger partial charge >= 0.3 is 5.69 Å². The molecule has 4 aromatic rings. The summed E-state index contributed by atoms with van der Waals surface area (Å²) in [4.78, 5) is 23.8. The van der Waals surface area contributed by atoms with Crippen LogP contribution in [0.15, 0.2) is 73.2 Å². The highest BCUT2D eigenvalue weighted by Crippen LogP contribution is 2.32. The fraction of sp³-hybridized carbons (Fsp3) is 0.0952. The molecule has 8 heteroatoms. The van der Waals surface area contributed by atoms with E-state index in [1.54, 1.807) is 6.20 Å². The lowest BCUT2D eigenvalue weighted by atomic mass is 10.1. The first-order chi connectivity index (χ1) is 14.2. The number of benzene rings is 2. The highest BCUT2D eigenvalue weighted by Gasteiger charge is 2.23. The van der Waals surface area contributed by atoms with Crippen molar-refractivity contribution in [2.75, 3.05) is 17.2 Å². The predicted octanol–water partition coefficient (Wildman–Crippen LogP) is 4.33. The number of fused-ring (bicyclic) bond motifs is 1. The molecule has 144 valence electrons. The van der Waals surface area contributed by atoms with E-state index >= 15 is 0 Å². The summed E-state index contributed by atoms with van der Waals surface area (Å²) in [6, 6.07) is 19.3. The molecule has 0 aliphatic carbocycles. The second kappa shape index (κ2) is 8.30. The topological polar surface area (TPSA) is 106 Å². The average Bonchev–Trinajstić information content (AvgIpc) is 2.75. The lowest BCUT2D eigenvalue weighted by Gasteiger charge is -2.11. The number of nitrogens with zero attached hydrogens (tertiary/aromatic N) is 4. The van der Waals surface area contributed by atoms with Crippen LogP contribution >= 0.6 is 0 Å². The molecule has 8 nitrogen and oxygen atoms in total. The molecule has 29 heavy (non-hydrogen) atoms. The summed E-state index contributed by atoms with van der Waals surface area (Å²) in [7, 11) is 0. The van der Waals surface area contributed by atoms with Gasteiger partial charge in [-0.1, -0.05) is 48.5 Å². The van der Waals surface area contributed by atoms with Crippen molar-refractivity contribution >= 4 is 33.9 Å². The first kappa shape index (κ1) is 18.3. The van der Waals surface area contributed by atoms with Crippen molar-refractivity contribution in [2.45, 2.75) is 6.42 Å². The summed E-state index contributed by atoms with van der Waals surface area (Å²) in [5.41, 5.74) is 2.28. The first-order valence-electron chi connectivity index (χ1n) is 9.10. The molecule has 2 aromatic carbocycles. The summed E-state index contributed by atoms with van der Waals surface area (Å²) in [6.07, 6.45) is 3.70. The Balaban J connectivity index is 1.60. The number of nitrogens with one attached hydrogen (secondary N) is 2. The molecule has 0 saturated heterocycles. The molecule has 2 aromatic heterocycles. The Bertz CT molecular complexity index is 1140. The van der Waals surface area contributed by atoms with E-state index in [1.165, 1.54) is 6.33 Å². The summed E-state index contributed by atoms with van der Waals surface area (Å²) < 4.78 is 0. The van der Waals surface area contributed by atoms with Gasteiger partial charge in [0, 0.05) is 18.1 Å². The van der Waals surface area contributed by atoms with E-state index in [2.05, 4.69) is 25.6 Å². The quantitative estimate of drug-likeness (QED) is 0.360. The van der Waals surface area contributed by atoms with Gasteiger partial charge in [0.1, 0.15) is 6.33 Å². The minimum Gasteiger partial charge on any atom is -0.364 e. The molecule has 0 aliphatic rings. The van der Waals surface area contributed by atoms with Gasteiger partial charge < -0.3 is 10.6 Å². The van der Waals surface area contributed by atoms with Gasteiger partial charge in [0.15, 0.2) is 0 Å². The summed E-state index contributed by atoms with van der Waals surface area (Å²) in [5.74, 6) is 0.294. The van der Waals surface area contributed by atoms with Crippen molar-refractivity contribution in [1.29, 1.82) is 0 Å². The van der Waals surface area contributed by atoms with E-state index in [0.29, 0.717) is 17.7 Å². The van der Waals surface area contributed by atoms with Crippen LogP contribution < -0.4 is 10.6 Å². The third-order valence-corrected chi connectivity index (χ3v) is 4.44. The standard InChI is InChI=1S/C21H18N6O2/c28-27(29)19-20(23-13-11-15-6-2-1-3-7-15)24-14-25-21(19)26-17-10-4-8-16-9-5-12-22-18(16)17/h1-10,12,14H,11,13H2,(H2,23,24,25,26). The maximum Gasteiger partial charge on any atom is 0.353 e. The van der Waals surface area contributed by atoms with Gasteiger partial charge in [-0.2, -0.15) is 0 Å². The maximum absolute atomic E-state index is 11.8. The third-order valence-electron chi connectivity index (χ3n) is 4.44. The molecule has 0 aliphatic heterocycles. The molecule has 0 amide bonds. The summed E-state index contributed by atoms with van der Waals surface area (Å²) in [5, 5.41) is 18.8. The van der Waals surface area contributed by atoms with Crippen LogP contribution in [-0.4, -0.2) is 26.4 Å². The number of hydrogen-bond acceptors (Lipinski definition) is 7. The van der Waals surface area contributed by atoms with Crippen molar-refractivity contribution in [2.24, 2.45) is 0 Å². The van der Waals surface area contributed by atoms with Crippen molar-refractivity contribution < 1.29 is 4.92 Å². The lowest BCUT2D eigenvalue weighted by molar-refractivity contribution is -0.383. The van der Waals surface area contributed by atoms with E-state index in [0.717, 1.165) is 17.4 Å². The van der Waals surface area contributed by atoms with Gasteiger partial charge in [0.25, 0.3) is 0 Å². The van der Waals surface area contributed by atoms with Gasteiger partial charge in [0.05, 0.1) is 16.1 Å². The SMILES string of the molecule is O=[N+]([O-])c1c(NCCc2ccccc2)ncnc1Nc1cccc2cccnc12. The van der Waals surface area contributed by atoms with Crippen molar-refractivity contribution in [3.8, 4) is 0 Å². The summed E-state index contributed by atoms with van der Waals surface area (Å²) >= 11 is 0. The van der Waals surface area contributed by atoms with Crippen molar-refractivity contribution in [3.63, 3.8) is 0 Å². The number of anilines is 3. The molecular weight excluding hydrogens is 368 g/mol. The second-order valence-corrected chi connectivity index (χ2v) is 6.34. The van der Waals surface area contributed by atoms with Crippen LogP contribution in [0.2, 0.25) is 0 Å². The smallest absolute Gasteiger partial charge is 0.353 e. The third kappa shape index (κ3) is 4.11. The second-order valence-electron chi connectivity index (χ2n) is 6.34. The molecule has 0 atom stereocenters. The highest BCUT2D eigenvalue weighted by atomic mass is 16.6.